The van der Waals surface area contributed by atoms with Gasteiger partial charge in [-0.05, 0) is 5.56 Å². The number of carbonyl (C=O) groups excluding carboxylic acids is 1. The van der Waals surface area contributed by atoms with Crippen LogP contribution in [0, 0.1) is 0 Å². The van der Waals surface area contributed by atoms with Gasteiger partial charge in [0, 0.05) is 13.2 Å². The van der Waals surface area contributed by atoms with E-state index < -0.39 is 18.1 Å². The lowest BCUT2D eigenvalue weighted by atomic mass is 10.1. The summed E-state index contributed by atoms with van der Waals surface area (Å²) in [7, 11) is 1.77. The van der Waals surface area contributed by atoms with Crippen molar-refractivity contribution in [2.75, 3.05) is 0 Å². The molecular formula is C15H17N3O4. The molecule has 2 N–H and O–H groups in total. The smallest absolute Gasteiger partial charge is 0.408 e. The van der Waals surface area contributed by atoms with Crippen molar-refractivity contribution in [2.24, 2.45) is 7.05 Å². The maximum absolute atomic E-state index is 11.8. The SMILES string of the molecule is Cn1cnc([C@@H](CC(=O)O)NC(=O)OCc2ccccc2)c1. The zero-order valence-corrected chi connectivity index (χ0v) is 12.1. The molecule has 0 aliphatic carbocycles. The Labute approximate surface area is 127 Å². The molecule has 2 rings (SSSR count). The third-order valence-corrected chi connectivity index (χ3v) is 2.97. The summed E-state index contributed by atoms with van der Waals surface area (Å²) in [6.07, 6.45) is 2.25. The summed E-state index contributed by atoms with van der Waals surface area (Å²) in [5.74, 6) is -1.03. The van der Waals surface area contributed by atoms with Crippen LogP contribution in [0.4, 0.5) is 4.79 Å². The van der Waals surface area contributed by atoms with E-state index >= 15 is 0 Å². The summed E-state index contributed by atoms with van der Waals surface area (Å²) >= 11 is 0. The van der Waals surface area contributed by atoms with E-state index in [1.165, 1.54) is 0 Å². The monoisotopic (exact) mass is 303 g/mol. The summed E-state index contributed by atoms with van der Waals surface area (Å²) in [6, 6.07) is 8.49. The molecule has 0 aliphatic rings. The lowest BCUT2D eigenvalue weighted by Crippen LogP contribution is -2.31. The first kappa shape index (κ1) is 15.6. The first-order chi connectivity index (χ1) is 10.5. The molecule has 1 aromatic heterocycles. The second-order valence-corrected chi connectivity index (χ2v) is 4.82. The van der Waals surface area contributed by atoms with Crippen LogP contribution in [-0.2, 0) is 23.2 Å². The Balaban J connectivity index is 1.94. The Hall–Kier alpha value is -2.83. The Morgan fingerprint density at radius 1 is 1.36 bits per heavy atom. The van der Waals surface area contributed by atoms with E-state index in [9.17, 15) is 9.59 Å². The lowest BCUT2D eigenvalue weighted by molar-refractivity contribution is -0.137. The summed E-state index contributed by atoms with van der Waals surface area (Å²) in [4.78, 5) is 26.8. The molecule has 0 saturated carbocycles. The van der Waals surface area contributed by atoms with Crippen molar-refractivity contribution in [2.45, 2.75) is 19.1 Å². The predicted molar refractivity (Wildman–Crippen MR) is 78.0 cm³/mol. The lowest BCUT2D eigenvalue weighted by Gasteiger charge is -2.15. The van der Waals surface area contributed by atoms with Crippen LogP contribution >= 0.6 is 0 Å². The highest BCUT2D eigenvalue weighted by Crippen LogP contribution is 2.15. The second kappa shape index (κ2) is 7.26. The largest absolute Gasteiger partial charge is 0.481 e. The van der Waals surface area contributed by atoms with E-state index in [1.807, 2.05) is 30.3 Å². The second-order valence-electron chi connectivity index (χ2n) is 4.82. The minimum atomic E-state index is -1.03. The van der Waals surface area contributed by atoms with Crippen molar-refractivity contribution in [3.63, 3.8) is 0 Å². The summed E-state index contributed by atoms with van der Waals surface area (Å²) in [5.41, 5.74) is 1.33. The average molecular weight is 303 g/mol. The molecule has 1 aromatic carbocycles. The van der Waals surface area contributed by atoms with Crippen molar-refractivity contribution >= 4 is 12.1 Å². The van der Waals surface area contributed by atoms with Gasteiger partial charge < -0.3 is 19.7 Å². The van der Waals surface area contributed by atoms with Crippen molar-refractivity contribution in [1.82, 2.24) is 14.9 Å². The fourth-order valence-corrected chi connectivity index (χ4v) is 1.92. The van der Waals surface area contributed by atoms with Crippen LogP contribution in [0.2, 0.25) is 0 Å². The van der Waals surface area contributed by atoms with Gasteiger partial charge in [0.2, 0.25) is 0 Å². The van der Waals surface area contributed by atoms with Crippen molar-refractivity contribution in [3.8, 4) is 0 Å². The molecule has 0 unspecified atom stereocenters. The average Bonchev–Trinajstić information content (AvgIpc) is 2.92. The molecule has 7 nitrogen and oxygen atoms in total. The van der Waals surface area contributed by atoms with Crippen LogP contribution in [0.25, 0.3) is 0 Å². The number of amides is 1. The van der Waals surface area contributed by atoms with Crippen molar-refractivity contribution in [1.29, 1.82) is 0 Å². The number of rotatable bonds is 6. The highest BCUT2D eigenvalue weighted by Gasteiger charge is 2.20. The number of aromatic nitrogens is 2. The molecule has 116 valence electrons. The Morgan fingerprint density at radius 3 is 2.68 bits per heavy atom. The normalized spacial score (nSPS) is 11.7. The zero-order valence-electron chi connectivity index (χ0n) is 12.1. The fraction of sp³-hybridized carbons (Fsp3) is 0.267. The van der Waals surface area contributed by atoms with E-state index in [1.54, 1.807) is 24.1 Å². The van der Waals surface area contributed by atoms with Crippen LogP contribution < -0.4 is 5.32 Å². The number of nitrogens with zero attached hydrogens (tertiary/aromatic N) is 2. The standard InChI is InChI=1S/C15H17N3O4/c1-18-8-13(16-10-18)12(7-14(19)20)17-15(21)22-9-11-5-3-2-4-6-11/h2-6,8,10,12H,7,9H2,1H3,(H,17,21)(H,19,20)/t12-/m1/s1. The number of nitrogens with one attached hydrogen (secondary N) is 1. The van der Waals surface area contributed by atoms with Gasteiger partial charge in [0.05, 0.1) is 24.5 Å². The summed E-state index contributed by atoms with van der Waals surface area (Å²) in [6.45, 7) is 0.120. The summed E-state index contributed by atoms with van der Waals surface area (Å²) < 4.78 is 6.77. The van der Waals surface area contributed by atoms with Gasteiger partial charge in [-0.3, -0.25) is 4.79 Å². The number of aryl methyl sites for hydroxylation is 1. The number of hydrogen-bond donors (Lipinski definition) is 2. The van der Waals surface area contributed by atoms with Gasteiger partial charge >= 0.3 is 12.1 Å². The molecule has 0 radical (unpaired) electrons. The maximum Gasteiger partial charge on any atom is 0.408 e. The highest BCUT2D eigenvalue weighted by atomic mass is 16.5. The minimum absolute atomic E-state index is 0.120. The Kier molecular flexibility index (Phi) is 5.13. The van der Waals surface area contributed by atoms with Gasteiger partial charge in [-0.25, -0.2) is 9.78 Å². The van der Waals surface area contributed by atoms with Crippen LogP contribution in [0.3, 0.4) is 0 Å². The van der Waals surface area contributed by atoms with Crippen molar-refractivity contribution in [3.05, 3.63) is 54.1 Å². The van der Waals surface area contributed by atoms with Crippen LogP contribution in [0.5, 0.6) is 0 Å². The summed E-state index contributed by atoms with van der Waals surface area (Å²) in [5, 5.41) is 11.5. The molecule has 0 bridgehead atoms. The fourth-order valence-electron chi connectivity index (χ4n) is 1.92. The first-order valence-corrected chi connectivity index (χ1v) is 6.71. The molecule has 1 amide bonds. The molecule has 0 fully saturated rings. The third kappa shape index (κ3) is 4.62. The van der Waals surface area contributed by atoms with E-state index in [0.29, 0.717) is 5.69 Å². The predicted octanol–water partition coefficient (Wildman–Crippen LogP) is 1.86. The number of benzene rings is 1. The number of carbonyl (C=O) groups is 2. The Bertz CT molecular complexity index is 639. The van der Waals surface area contributed by atoms with E-state index in [2.05, 4.69) is 10.3 Å². The van der Waals surface area contributed by atoms with Gasteiger partial charge in [-0.1, -0.05) is 30.3 Å². The number of carboxylic acids is 1. The van der Waals surface area contributed by atoms with Gasteiger partial charge in [-0.15, -0.1) is 0 Å². The number of ether oxygens (including phenoxy) is 1. The first-order valence-electron chi connectivity index (χ1n) is 6.71. The minimum Gasteiger partial charge on any atom is -0.481 e. The zero-order chi connectivity index (χ0) is 15.9. The molecule has 0 saturated heterocycles. The molecular weight excluding hydrogens is 286 g/mol. The quantitative estimate of drug-likeness (QED) is 0.849. The topological polar surface area (TPSA) is 93.5 Å². The molecule has 2 aromatic rings. The van der Waals surface area contributed by atoms with Gasteiger partial charge in [0.15, 0.2) is 0 Å². The number of carboxylic acid groups (broad SMARTS) is 1. The molecule has 0 aliphatic heterocycles. The molecule has 7 heteroatoms. The highest BCUT2D eigenvalue weighted by molar-refractivity contribution is 5.71. The van der Waals surface area contributed by atoms with Crippen LogP contribution in [-0.4, -0.2) is 26.7 Å². The van der Waals surface area contributed by atoms with Crippen LogP contribution in [0.15, 0.2) is 42.9 Å². The van der Waals surface area contributed by atoms with E-state index in [0.717, 1.165) is 5.56 Å². The van der Waals surface area contributed by atoms with Crippen LogP contribution in [0.1, 0.15) is 23.7 Å². The Morgan fingerprint density at radius 2 is 2.09 bits per heavy atom. The number of aliphatic carboxylic acids is 1. The number of hydrogen-bond acceptors (Lipinski definition) is 4. The molecule has 22 heavy (non-hydrogen) atoms. The molecule has 1 heterocycles. The van der Waals surface area contributed by atoms with Gasteiger partial charge in [0.1, 0.15) is 6.61 Å². The van der Waals surface area contributed by atoms with E-state index in [-0.39, 0.29) is 13.0 Å². The molecule has 0 spiro atoms. The molecule has 1 atom stereocenters. The van der Waals surface area contributed by atoms with Crippen molar-refractivity contribution < 1.29 is 19.4 Å². The van der Waals surface area contributed by atoms with Gasteiger partial charge in [0.25, 0.3) is 0 Å². The maximum atomic E-state index is 11.8. The van der Waals surface area contributed by atoms with E-state index in [4.69, 9.17) is 9.84 Å². The number of imidazole rings is 1. The third-order valence-electron chi connectivity index (χ3n) is 2.97. The number of alkyl carbamates (subject to hydrolysis) is 1. The van der Waals surface area contributed by atoms with Gasteiger partial charge in [-0.2, -0.15) is 0 Å².